The molecule has 0 aliphatic carbocycles. The Bertz CT molecular complexity index is 1680. The molecule has 3 N–H and O–H groups in total. The quantitative estimate of drug-likeness (QED) is 0.370. The van der Waals surface area contributed by atoms with Crippen molar-refractivity contribution in [3.8, 4) is 0 Å². The van der Waals surface area contributed by atoms with E-state index in [0.29, 0.717) is 23.1 Å². The largest absolute Gasteiger partial charge is 0.342 e. The van der Waals surface area contributed by atoms with Crippen LogP contribution in [0.4, 0.5) is 10.1 Å². The third-order valence-electron chi connectivity index (χ3n) is 7.20. The molecular weight excluding hydrogens is 574 g/mol. The van der Waals surface area contributed by atoms with E-state index >= 15 is 4.39 Å². The highest BCUT2D eigenvalue weighted by Crippen LogP contribution is 2.45. The average molecular weight is 603 g/mol. The first-order valence-corrected chi connectivity index (χ1v) is 13.5. The second-order valence-corrected chi connectivity index (χ2v) is 10.7. The summed E-state index contributed by atoms with van der Waals surface area (Å²) in [5.74, 6) is -1.66. The molecule has 0 saturated carbocycles. The smallest absolute Gasteiger partial charge is 0.279 e. The van der Waals surface area contributed by atoms with Gasteiger partial charge in [-0.15, -0.1) is 0 Å². The fourth-order valence-corrected chi connectivity index (χ4v) is 5.74. The van der Waals surface area contributed by atoms with Gasteiger partial charge in [0.25, 0.3) is 11.5 Å². The van der Waals surface area contributed by atoms with Gasteiger partial charge in [0, 0.05) is 50.2 Å². The van der Waals surface area contributed by atoms with E-state index in [9.17, 15) is 9.59 Å². The normalized spacial score (nSPS) is 21.3. The molecule has 2 aliphatic heterocycles. The molecule has 216 valence electrons. The van der Waals surface area contributed by atoms with Crippen LogP contribution in [0.2, 0.25) is 10.0 Å². The predicted octanol–water partition coefficient (Wildman–Crippen LogP) is 3.40. The number of benzene rings is 1. The second kappa shape index (κ2) is 10.6. The van der Waals surface area contributed by atoms with Gasteiger partial charge in [0.15, 0.2) is 11.7 Å². The number of pyridine rings is 1. The van der Waals surface area contributed by atoms with Crippen LogP contribution in [0, 0.1) is 5.82 Å². The summed E-state index contributed by atoms with van der Waals surface area (Å²) in [4.78, 5) is 37.7. The Kier molecular flexibility index (Phi) is 7.45. The number of rotatable bonds is 6. The molecule has 2 atom stereocenters. The van der Waals surface area contributed by atoms with Crippen LogP contribution in [0.15, 0.2) is 46.4 Å². The van der Waals surface area contributed by atoms with Crippen molar-refractivity contribution >= 4 is 46.3 Å². The molecule has 14 heteroatoms. The van der Waals surface area contributed by atoms with Crippen LogP contribution in [0.1, 0.15) is 53.5 Å². The van der Waals surface area contributed by atoms with Crippen LogP contribution in [0.5, 0.6) is 0 Å². The van der Waals surface area contributed by atoms with Crippen molar-refractivity contribution in [3.05, 3.63) is 85.7 Å². The van der Waals surface area contributed by atoms with E-state index in [1.165, 1.54) is 54.1 Å². The number of aromatic nitrogens is 3. The fraction of sp³-hybridized carbons (Fsp3) is 0.333. The predicted molar refractivity (Wildman–Crippen MR) is 156 cm³/mol. The summed E-state index contributed by atoms with van der Waals surface area (Å²) in [6.45, 7) is 3.84. The Balaban J connectivity index is 1.83. The summed E-state index contributed by atoms with van der Waals surface area (Å²) >= 11 is 12.4. The maximum atomic E-state index is 15.6. The van der Waals surface area contributed by atoms with Crippen molar-refractivity contribution in [1.82, 2.24) is 30.1 Å². The van der Waals surface area contributed by atoms with Gasteiger partial charge in [-0.3, -0.25) is 24.8 Å². The molecule has 0 fully saturated rings. The molecule has 4 heterocycles. The number of guanidine groups is 1. The lowest BCUT2D eigenvalue weighted by Crippen LogP contribution is -2.64. The van der Waals surface area contributed by atoms with E-state index in [2.05, 4.69) is 20.9 Å². The molecule has 0 saturated heterocycles. The highest BCUT2D eigenvalue weighted by atomic mass is 35.5. The van der Waals surface area contributed by atoms with Gasteiger partial charge in [-0.1, -0.05) is 29.3 Å². The first-order chi connectivity index (χ1) is 19.5. The minimum absolute atomic E-state index is 0.00955. The number of carbonyl (C=O) groups is 1. The average Bonchev–Trinajstić information content (AvgIpc) is 3.45. The third kappa shape index (κ3) is 4.51. The summed E-state index contributed by atoms with van der Waals surface area (Å²) in [5, 5.41) is 9.80. The molecule has 3 aromatic rings. The number of methoxy groups -OCH3 is 1. The number of hydrogen-bond acceptors (Lipinski definition) is 6. The number of nitrogens with one attached hydrogen (secondary N) is 3. The number of imidazole rings is 1. The van der Waals surface area contributed by atoms with Crippen molar-refractivity contribution in [2.24, 2.45) is 12.0 Å². The highest BCUT2D eigenvalue weighted by Gasteiger charge is 2.49. The zero-order valence-corrected chi connectivity index (χ0v) is 24.7. The molecule has 1 aromatic carbocycles. The number of aliphatic imine (C=N–C) groups is 1. The number of likely N-dealkylation sites (N-methyl/N-ethyl adjacent to an activating group) is 1. The summed E-state index contributed by atoms with van der Waals surface area (Å²) in [6, 6.07) is 4.29. The third-order valence-corrected chi connectivity index (χ3v) is 7.64. The topological polar surface area (TPSA) is 118 Å². The Morgan fingerprint density at radius 2 is 1.95 bits per heavy atom. The van der Waals surface area contributed by atoms with Gasteiger partial charge in [0.05, 0.1) is 16.3 Å². The maximum Gasteiger partial charge on any atom is 0.279 e. The number of hydrogen-bond donors (Lipinski definition) is 3. The number of amides is 1. The number of carbonyl (C=O) groups excluding carboxylic acids is 1. The molecule has 2 aliphatic rings. The summed E-state index contributed by atoms with van der Waals surface area (Å²) in [6.07, 6.45) is 3.12. The van der Waals surface area contributed by atoms with Crippen LogP contribution in [0.25, 0.3) is 5.57 Å². The van der Waals surface area contributed by atoms with Gasteiger partial charge < -0.3 is 24.5 Å². The molecule has 0 spiro atoms. The van der Waals surface area contributed by atoms with Crippen LogP contribution in [0.3, 0.4) is 0 Å². The van der Waals surface area contributed by atoms with Crippen molar-refractivity contribution < 1.29 is 13.9 Å². The van der Waals surface area contributed by atoms with Gasteiger partial charge in [0.1, 0.15) is 23.4 Å². The highest BCUT2D eigenvalue weighted by molar-refractivity contribution is 6.31. The number of nitrogens with zero attached hydrogens (tertiary/aromatic N) is 5. The van der Waals surface area contributed by atoms with Crippen LogP contribution in [-0.2, 0) is 11.8 Å². The minimum Gasteiger partial charge on any atom is -0.342 e. The lowest BCUT2D eigenvalue weighted by atomic mass is 10.0. The van der Waals surface area contributed by atoms with E-state index in [4.69, 9.17) is 32.9 Å². The molecule has 41 heavy (non-hydrogen) atoms. The monoisotopic (exact) mass is 602 g/mol. The van der Waals surface area contributed by atoms with Gasteiger partial charge in [-0.25, -0.2) is 9.37 Å². The summed E-state index contributed by atoms with van der Waals surface area (Å²) < 4.78 is 24.6. The SMILES string of the molecule is CN=C1NC=C(c2nc3c(n2C(C)C)C(c2ccc(Cl)cc2F)N(c2cc(Cl)cn(C)c2=O)C3=O)C(NC)(OC)N1. The van der Waals surface area contributed by atoms with Crippen LogP contribution < -0.4 is 26.4 Å². The van der Waals surface area contributed by atoms with E-state index < -0.39 is 29.2 Å². The van der Waals surface area contributed by atoms with Crippen molar-refractivity contribution in [3.63, 3.8) is 0 Å². The lowest BCUT2D eigenvalue weighted by molar-refractivity contribution is 0.00224. The number of aryl methyl sites for hydroxylation is 1. The standard InChI is InChI=1S/C27H29Cl2FN8O3/c1-13(2)37-22-20(34-23(37)17-11-33-26(31-3)35-27(17,32-4)41-6)25(40)38(19-10-15(29)12-36(5)24(19)39)21(22)16-8-7-14(28)9-18(16)30/h7-13,21,32H,1-6H3,(H2,31,33,35). The molecule has 0 radical (unpaired) electrons. The zero-order valence-electron chi connectivity index (χ0n) is 23.2. The fourth-order valence-electron chi connectivity index (χ4n) is 5.33. The Labute approximate surface area is 245 Å². The van der Waals surface area contributed by atoms with E-state index in [-0.39, 0.29) is 33.0 Å². The Morgan fingerprint density at radius 3 is 2.56 bits per heavy atom. The van der Waals surface area contributed by atoms with Gasteiger partial charge >= 0.3 is 0 Å². The van der Waals surface area contributed by atoms with Crippen molar-refractivity contribution in [1.29, 1.82) is 0 Å². The van der Waals surface area contributed by atoms with Gasteiger partial charge in [0.2, 0.25) is 5.85 Å². The molecule has 2 unspecified atom stereocenters. The van der Waals surface area contributed by atoms with Crippen LogP contribution >= 0.6 is 23.2 Å². The number of ether oxygens (including phenoxy) is 1. The zero-order chi connectivity index (χ0) is 29.8. The van der Waals surface area contributed by atoms with Gasteiger partial charge in [-0.2, -0.15) is 0 Å². The molecule has 5 rings (SSSR count). The number of halogens is 3. The van der Waals surface area contributed by atoms with E-state index in [0.717, 1.165) is 0 Å². The minimum atomic E-state index is -1.27. The van der Waals surface area contributed by atoms with E-state index in [1.54, 1.807) is 20.3 Å². The van der Waals surface area contributed by atoms with Crippen molar-refractivity contribution in [2.45, 2.75) is 31.8 Å². The lowest BCUT2D eigenvalue weighted by Gasteiger charge is -2.39. The van der Waals surface area contributed by atoms with Crippen molar-refractivity contribution in [2.75, 3.05) is 26.1 Å². The molecule has 2 aromatic heterocycles. The Morgan fingerprint density at radius 1 is 1.22 bits per heavy atom. The van der Waals surface area contributed by atoms with E-state index in [1.807, 2.05) is 18.4 Å². The molecule has 0 bridgehead atoms. The Hall–Kier alpha value is -3.71. The van der Waals surface area contributed by atoms with Gasteiger partial charge in [-0.05, 0) is 39.1 Å². The first-order valence-electron chi connectivity index (χ1n) is 12.7. The molecular formula is C27H29Cl2FN8O3. The summed E-state index contributed by atoms with van der Waals surface area (Å²) in [5.41, 5.74) is 0.632. The maximum absolute atomic E-state index is 15.6. The van der Waals surface area contributed by atoms with Crippen LogP contribution in [-0.4, -0.2) is 53.0 Å². The molecule has 1 amide bonds. The summed E-state index contributed by atoms with van der Waals surface area (Å²) in [7, 11) is 6.36. The first kappa shape index (κ1) is 28.8. The second-order valence-electron chi connectivity index (χ2n) is 9.87. The molecule has 11 nitrogen and oxygen atoms in total. The number of anilines is 1. The number of fused-ring (bicyclic) bond motifs is 1.